The van der Waals surface area contributed by atoms with Gasteiger partial charge in [0.25, 0.3) is 5.69 Å². The molecule has 1 saturated carbocycles. The Kier molecular flexibility index (Phi) is 2.74. The van der Waals surface area contributed by atoms with Gasteiger partial charge >= 0.3 is 5.63 Å². The molecular weight excluding hydrogens is 264 g/mol. The van der Waals surface area contributed by atoms with Crippen molar-refractivity contribution in [3.05, 3.63) is 50.2 Å². The van der Waals surface area contributed by atoms with Crippen molar-refractivity contribution in [2.75, 3.05) is 0 Å². The van der Waals surface area contributed by atoms with Crippen LogP contribution in [0.1, 0.15) is 18.5 Å². The highest BCUT2D eigenvalue weighted by atomic mass is 16.6. The van der Waals surface area contributed by atoms with E-state index in [0.29, 0.717) is 5.52 Å². The molecule has 0 spiro atoms. The lowest BCUT2D eigenvalue weighted by Gasteiger charge is -1.99. The zero-order chi connectivity index (χ0) is 14.3. The van der Waals surface area contributed by atoms with Crippen molar-refractivity contribution >= 4 is 22.9 Å². The predicted molar refractivity (Wildman–Crippen MR) is 70.3 cm³/mol. The van der Waals surface area contributed by atoms with E-state index in [4.69, 9.17) is 4.42 Å². The molecule has 3 rings (SSSR count). The molecule has 0 radical (unpaired) electrons. The third-order valence-electron chi connectivity index (χ3n) is 3.09. The second-order valence-electron chi connectivity index (χ2n) is 4.64. The van der Waals surface area contributed by atoms with E-state index in [1.807, 2.05) is 0 Å². The standard InChI is InChI=1S/C13H10N2O5/c16-11(7-1-2-7)6-10-13(17)20-12-5-8(15(18)19)3-4-9(12)14-10/h3-7,16H,1-2H2/b11-6-. The summed E-state index contributed by atoms with van der Waals surface area (Å²) in [6, 6.07) is 3.84. The van der Waals surface area contributed by atoms with Crippen molar-refractivity contribution in [2.45, 2.75) is 12.8 Å². The first kappa shape index (κ1) is 12.3. The van der Waals surface area contributed by atoms with Crippen molar-refractivity contribution in [2.24, 2.45) is 5.92 Å². The Morgan fingerprint density at radius 1 is 1.50 bits per heavy atom. The third-order valence-corrected chi connectivity index (χ3v) is 3.09. The van der Waals surface area contributed by atoms with Gasteiger partial charge < -0.3 is 9.52 Å². The van der Waals surface area contributed by atoms with Gasteiger partial charge in [-0.2, -0.15) is 0 Å². The van der Waals surface area contributed by atoms with E-state index in [-0.39, 0.29) is 28.6 Å². The number of aliphatic hydroxyl groups excluding tert-OH is 1. The number of benzene rings is 1. The monoisotopic (exact) mass is 274 g/mol. The van der Waals surface area contributed by atoms with Crippen molar-refractivity contribution in [3.8, 4) is 0 Å². The number of aromatic nitrogens is 1. The molecule has 1 aliphatic rings. The Hall–Kier alpha value is -2.70. The molecule has 0 bridgehead atoms. The van der Waals surface area contributed by atoms with E-state index in [1.165, 1.54) is 18.2 Å². The second kappa shape index (κ2) is 4.44. The Balaban J connectivity index is 2.10. The van der Waals surface area contributed by atoms with Crippen LogP contribution < -0.4 is 5.63 Å². The summed E-state index contributed by atoms with van der Waals surface area (Å²) in [7, 11) is 0. The Labute approximate surface area is 112 Å². The Morgan fingerprint density at radius 2 is 2.25 bits per heavy atom. The van der Waals surface area contributed by atoms with Crippen LogP contribution in [0, 0.1) is 16.0 Å². The average molecular weight is 274 g/mol. The average Bonchev–Trinajstić information content (AvgIpc) is 3.23. The molecular formula is C13H10N2O5. The Bertz CT molecular complexity index is 789. The molecule has 7 nitrogen and oxygen atoms in total. The van der Waals surface area contributed by atoms with Gasteiger partial charge in [-0.1, -0.05) is 0 Å². The first-order valence-corrected chi connectivity index (χ1v) is 6.04. The summed E-state index contributed by atoms with van der Waals surface area (Å²) in [5, 5.41) is 20.4. The summed E-state index contributed by atoms with van der Waals surface area (Å²) in [5.41, 5.74) is -0.537. The van der Waals surface area contributed by atoms with E-state index in [2.05, 4.69) is 4.98 Å². The summed E-state index contributed by atoms with van der Waals surface area (Å²) in [6.07, 6.45) is 3.09. The minimum atomic E-state index is -0.731. The Morgan fingerprint density at radius 3 is 2.90 bits per heavy atom. The normalized spacial score (nSPS) is 15.5. The molecule has 0 aliphatic heterocycles. The topological polar surface area (TPSA) is 106 Å². The zero-order valence-corrected chi connectivity index (χ0v) is 10.3. The van der Waals surface area contributed by atoms with Crippen LogP contribution >= 0.6 is 0 Å². The highest BCUT2D eigenvalue weighted by molar-refractivity contribution is 5.75. The van der Waals surface area contributed by atoms with Gasteiger partial charge in [-0.15, -0.1) is 0 Å². The second-order valence-corrected chi connectivity index (χ2v) is 4.64. The van der Waals surface area contributed by atoms with Crippen molar-refractivity contribution in [3.63, 3.8) is 0 Å². The summed E-state index contributed by atoms with van der Waals surface area (Å²) in [5.74, 6) is 0.217. The molecule has 1 aromatic heterocycles. The third kappa shape index (κ3) is 2.25. The maximum absolute atomic E-state index is 11.7. The summed E-state index contributed by atoms with van der Waals surface area (Å²) < 4.78 is 5.01. The summed E-state index contributed by atoms with van der Waals surface area (Å²) in [6.45, 7) is 0. The van der Waals surface area contributed by atoms with Gasteiger partial charge in [0, 0.05) is 18.1 Å². The van der Waals surface area contributed by atoms with Crippen LogP contribution in [0.4, 0.5) is 5.69 Å². The molecule has 0 saturated heterocycles. The number of nitro groups is 1. The molecule has 1 heterocycles. The number of hydrogen-bond acceptors (Lipinski definition) is 6. The fourth-order valence-corrected chi connectivity index (χ4v) is 1.85. The summed E-state index contributed by atoms with van der Waals surface area (Å²) in [4.78, 5) is 25.9. The number of nitro benzene ring substituents is 1. The van der Waals surface area contributed by atoms with Crippen molar-refractivity contribution in [1.29, 1.82) is 0 Å². The number of fused-ring (bicyclic) bond motifs is 1. The molecule has 1 N–H and O–H groups in total. The van der Waals surface area contributed by atoms with E-state index in [1.54, 1.807) is 0 Å². The molecule has 102 valence electrons. The van der Waals surface area contributed by atoms with Crippen LogP contribution in [0.2, 0.25) is 0 Å². The van der Waals surface area contributed by atoms with Crippen LogP contribution in [0.3, 0.4) is 0 Å². The number of allylic oxidation sites excluding steroid dienone is 1. The highest BCUT2D eigenvalue weighted by Crippen LogP contribution is 2.35. The number of hydrogen-bond donors (Lipinski definition) is 1. The molecule has 0 amide bonds. The molecule has 20 heavy (non-hydrogen) atoms. The summed E-state index contributed by atoms with van der Waals surface area (Å²) >= 11 is 0. The molecule has 1 aliphatic carbocycles. The van der Waals surface area contributed by atoms with Crippen LogP contribution in [0.5, 0.6) is 0 Å². The molecule has 1 fully saturated rings. The van der Waals surface area contributed by atoms with Crippen LogP contribution in [0.25, 0.3) is 17.2 Å². The molecule has 0 atom stereocenters. The fourth-order valence-electron chi connectivity index (χ4n) is 1.85. The highest BCUT2D eigenvalue weighted by Gasteiger charge is 2.26. The van der Waals surface area contributed by atoms with Crippen LogP contribution in [0.15, 0.2) is 33.2 Å². The minimum absolute atomic E-state index is 0.00393. The number of rotatable bonds is 3. The van der Waals surface area contributed by atoms with Crippen LogP contribution in [-0.2, 0) is 0 Å². The van der Waals surface area contributed by atoms with E-state index in [0.717, 1.165) is 18.9 Å². The quantitative estimate of drug-likeness (QED) is 0.523. The first-order chi connectivity index (χ1) is 9.54. The first-order valence-electron chi connectivity index (χ1n) is 6.04. The zero-order valence-electron chi connectivity index (χ0n) is 10.3. The number of nitrogens with zero attached hydrogens (tertiary/aromatic N) is 2. The largest absolute Gasteiger partial charge is 0.512 e. The van der Waals surface area contributed by atoms with Gasteiger partial charge in [-0.3, -0.25) is 10.1 Å². The molecule has 1 aromatic carbocycles. The van der Waals surface area contributed by atoms with E-state index in [9.17, 15) is 20.0 Å². The molecule has 7 heteroatoms. The maximum atomic E-state index is 11.7. The predicted octanol–water partition coefficient (Wildman–Crippen LogP) is 2.41. The van der Waals surface area contributed by atoms with Gasteiger partial charge in [0.1, 0.15) is 5.52 Å². The van der Waals surface area contributed by atoms with E-state index >= 15 is 0 Å². The van der Waals surface area contributed by atoms with Crippen LogP contribution in [-0.4, -0.2) is 15.0 Å². The van der Waals surface area contributed by atoms with Gasteiger partial charge in [0.2, 0.25) is 0 Å². The number of aliphatic hydroxyl groups is 1. The van der Waals surface area contributed by atoms with Gasteiger partial charge in [0.15, 0.2) is 11.3 Å². The lowest BCUT2D eigenvalue weighted by molar-refractivity contribution is -0.384. The molecule has 2 aromatic rings. The smallest absolute Gasteiger partial charge is 0.362 e. The van der Waals surface area contributed by atoms with Crippen molar-refractivity contribution < 1.29 is 14.4 Å². The van der Waals surface area contributed by atoms with Crippen molar-refractivity contribution in [1.82, 2.24) is 4.98 Å². The molecule has 0 unspecified atom stereocenters. The minimum Gasteiger partial charge on any atom is -0.512 e. The van der Waals surface area contributed by atoms with Gasteiger partial charge in [-0.25, -0.2) is 9.78 Å². The SMILES string of the molecule is O=c1oc2cc([N+](=O)[O-])ccc2nc1/C=C(\O)C1CC1. The van der Waals surface area contributed by atoms with Gasteiger partial charge in [0.05, 0.1) is 16.7 Å². The maximum Gasteiger partial charge on any atom is 0.362 e. The van der Waals surface area contributed by atoms with E-state index < -0.39 is 10.5 Å². The lowest BCUT2D eigenvalue weighted by atomic mass is 10.2. The lowest BCUT2D eigenvalue weighted by Crippen LogP contribution is -2.07. The fraction of sp³-hybridized carbons (Fsp3) is 0.231. The number of non-ortho nitro benzene ring substituents is 1. The van der Waals surface area contributed by atoms with Gasteiger partial charge in [-0.05, 0) is 18.9 Å².